The average molecular weight is 285 g/mol. The number of pyridine rings is 1. The first kappa shape index (κ1) is 13.1. The van der Waals surface area contributed by atoms with Crippen molar-refractivity contribution in [2.75, 3.05) is 12.8 Å². The van der Waals surface area contributed by atoms with Crippen molar-refractivity contribution in [3.63, 3.8) is 0 Å². The van der Waals surface area contributed by atoms with Gasteiger partial charge in [-0.1, -0.05) is 11.2 Å². The highest BCUT2D eigenvalue weighted by molar-refractivity contribution is 5.86. The van der Waals surface area contributed by atoms with E-state index in [9.17, 15) is 4.39 Å². The second kappa shape index (κ2) is 5.24. The average Bonchev–Trinajstić information content (AvgIpc) is 2.90. The number of nitrogens with zero attached hydrogens (tertiary/aromatic N) is 2. The molecule has 0 saturated carbocycles. The predicted octanol–water partition coefficient (Wildman–Crippen LogP) is 3.13. The largest absolute Gasteiger partial charge is 0.494 e. The second-order valence-electron chi connectivity index (χ2n) is 4.36. The van der Waals surface area contributed by atoms with Crippen molar-refractivity contribution in [2.24, 2.45) is 0 Å². The Balaban J connectivity index is 2.14. The third-order valence-corrected chi connectivity index (χ3v) is 3.08. The maximum atomic E-state index is 13.8. The van der Waals surface area contributed by atoms with Crippen LogP contribution in [0.25, 0.3) is 22.5 Å². The Bertz CT molecular complexity index is 772. The van der Waals surface area contributed by atoms with E-state index in [4.69, 9.17) is 15.0 Å². The topological polar surface area (TPSA) is 74.2 Å². The number of hydrogen-bond acceptors (Lipinski definition) is 5. The number of nitrogen functional groups attached to an aromatic ring is 1. The van der Waals surface area contributed by atoms with Crippen LogP contribution in [0.3, 0.4) is 0 Å². The maximum absolute atomic E-state index is 13.8. The van der Waals surface area contributed by atoms with Crippen molar-refractivity contribution in [3.05, 3.63) is 48.5 Å². The fourth-order valence-corrected chi connectivity index (χ4v) is 2.10. The molecule has 21 heavy (non-hydrogen) atoms. The van der Waals surface area contributed by atoms with Crippen molar-refractivity contribution in [3.8, 4) is 28.2 Å². The van der Waals surface area contributed by atoms with E-state index in [2.05, 4.69) is 10.1 Å². The van der Waals surface area contributed by atoms with Gasteiger partial charge in [0.2, 0.25) is 0 Å². The molecule has 1 aromatic carbocycles. The summed E-state index contributed by atoms with van der Waals surface area (Å²) < 4.78 is 24.0. The Kier molecular flexibility index (Phi) is 3.27. The first-order valence-corrected chi connectivity index (χ1v) is 6.20. The predicted molar refractivity (Wildman–Crippen MR) is 76.1 cm³/mol. The van der Waals surface area contributed by atoms with E-state index in [1.165, 1.54) is 19.2 Å². The van der Waals surface area contributed by atoms with Crippen LogP contribution in [-0.4, -0.2) is 17.3 Å². The highest BCUT2D eigenvalue weighted by Gasteiger charge is 2.19. The lowest BCUT2D eigenvalue weighted by atomic mass is 10.0. The van der Waals surface area contributed by atoms with Crippen LogP contribution in [0.5, 0.6) is 5.75 Å². The molecular weight excluding hydrogens is 273 g/mol. The number of hydrogen-bond donors (Lipinski definition) is 1. The van der Waals surface area contributed by atoms with E-state index in [-0.39, 0.29) is 11.6 Å². The summed E-state index contributed by atoms with van der Waals surface area (Å²) in [4.78, 5) is 4.04. The van der Waals surface area contributed by atoms with Crippen LogP contribution < -0.4 is 10.5 Å². The fourth-order valence-electron chi connectivity index (χ4n) is 2.10. The minimum absolute atomic E-state index is 0.161. The minimum atomic E-state index is -0.484. The van der Waals surface area contributed by atoms with Crippen molar-refractivity contribution in [1.29, 1.82) is 0 Å². The zero-order valence-corrected chi connectivity index (χ0v) is 11.2. The Morgan fingerprint density at radius 1 is 1.24 bits per heavy atom. The standard InChI is InChI=1S/C15H12FN3O2/c1-20-12-5-4-9(7-11(12)16)14-13(15(17)19-21-14)10-3-2-6-18-8-10/h2-8H,1H3,(H2,17,19). The summed E-state index contributed by atoms with van der Waals surface area (Å²) in [5, 5.41) is 3.76. The molecule has 0 amide bonds. The zero-order chi connectivity index (χ0) is 14.8. The summed E-state index contributed by atoms with van der Waals surface area (Å²) in [6.07, 6.45) is 3.30. The van der Waals surface area contributed by atoms with E-state index >= 15 is 0 Å². The van der Waals surface area contributed by atoms with Gasteiger partial charge in [0.1, 0.15) is 0 Å². The molecule has 0 saturated heterocycles. The first-order valence-electron chi connectivity index (χ1n) is 6.20. The SMILES string of the molecule is COc1ccc(-c2onc(N)c2-c2cccnc2)cc1F. The summed E-state index contributed by atoms with van der Waals surface area (Å²) in [7, 11) is 1.41. The van der Waals surface area contributed by atoms with Crippen molar-refractivity contribution >= 4 is 5.82 Å². The number of nitrogens with two attached hydrogens (primary N) is 1. The van der Waals surface area contributed by atoms with Crippen LogP contribution in [0.1, 0.15) is 0 Å². The van der Waals surface area contributed by atoms with Gasteiger partial charge in [0, 0.05) is 23.5 Å². The maximum Gasteiger partial charge on any atom is 0.177 e. The van der Waals surface area contributed by atoms with Gasteiger partial charge in [-0.15, -0.1) is 0 Å². The number of benzene rings is 1. The third kappa shape index (κ3) is 2.31. The fraction of sp³-hybridized carbons (Fsp3) is 0.0667. The first-order chi connectivity index (χ1) is 10.2. The summed E-state index contributed by atoms with van der Waals surface area (Å²) in [5.41, 5.74) is 7.72. The van der Waals surface area contributed by atoms with Gasteiger partial charge in [0.15, 0.2) is 23.1 Å². The molecule has 0 bridgehead atoms. The smallest absolute Gasteiger partial charge is 0.177 e. The van der Waals surface area contributed by atoms with E-state index < -0.39 is 5.82 Å². The molecule has 0 spiro atoms. The van der Waals surface area contributed by atoms with Gasteiger partial charge < -0.3 is 15.0 Å². The molecule has 6 heteroatoms. The molecule has 0 fully saturated rings. The number of aromatic nitrogens is 2. The molecule has 3 rings (SSSR count). The highest BCUT2D eigenvalue weighted by Crippen LogP contribution is 2.37. The third-order valence-electron chi connectivity index (χ3n) is 3.08. The van der Waals surface area contributed by atoms with E-state index in [0.29, 0.717) is 16.9 Å². The molecule has 0 unspecified atom stereocenters. The molecule has 0 radical (unpaired) electrons. The molecule has 2 heterocycles. The van der Waals surface area contributed by atoms with Crippen molar-refractivity contribution < 1.29 is 13.7 Å². The van der Waals surface area contributed by atoms with Crippen LogP contribution >= 0.6 is 0 Å². The Morgan fingerprint density at radius 2 is 2.10 bits per heavy atom. The Hall–Kier alpha value is -2.89. The molecule has 106 valence electrons. The van der Waals surface area contributed by atoms with E-state index in [1.807, 2.05) is 6.07 Å². The molecule has 3 aromatic rings. The molecule has 5 nitrogen and oxygen atoms in total. The number of rotatable bonds is 3. The molecule has 0 aliphatic rings. The molecule has 2 aromatic heterocycles. The van der Waals surface area contributed by atoms with Crippen LogP contribution in [0, 0.1) is 5.82 Å². The molecular formula is C15H12FN3O2. The molecule has 2 N–H and O–H groups in total. The molecule has 0 atom stereocenters. The monoisotopic (exact) mass is 285 g/mol. The van der Waals surface area contributed by atoms with Gasteiger partial charge in [-0.05, 0) is 24.3 Å². The van der Waals surface area contributed by atoms with E-state index in [0.717, 1.165) is 5.56 Å². The normalized spacial score (nSPS) is 10.6. The van der Waals surface area contributed by atoms with Crippen LogP contribution in [-0.2, 0) is 0 Å². The number of anilines is 1. The second-order valence-corrected chi connectivity index (χ2v) is 4.36. The van der Waals surface area contributed by atoms with Gasteiger partial charge in [-0.2, -0.15) is 0 Å². The molecule has 0 aliphatic heterocycles. The summed E-state index contributed by atoms with van der Waals surface area (Å²) in [5.74, 6) is 0.299. The summed E-state index contributed by atoms with van der Waals surface area (Å²) in [6, 6.07) is 8.14. The lowest BCUT2D eigenvalue weighted by Crippen LogP contribution is -1.91. The quantitative estimate of drug-likeness (QED) is 0.800. The van der Waals surface area contributed by atoms with Crippen LogP contribution in [0.15, 0.2) is 47.2 Å². The van der Waals surface area contributed by atoms with Gasteiger partial charge >= 0.3 is 0 Å². The minimum Gasteiger partial charge on any atom is -0.494 e. The van der Waals surface area contributed by atoms with Gasteiger partial charge in [-0.3, -0.25) is 4.98 Å². The summed E-state index contributed by atoms with van der Waals surface area (Å²) >= 11 is 0. The number of ether oxygens (including phenoxy) is 1. The Labute approximate surface area is 120 Å². The van der Waals surface area contributed by atoms with Gasteiger partial charge in [0.05, 0.1) is 12.7 Å². The molecule has 0 aliphatic carbocycles. The van der Waals surface area contributed by atoms with Crippen molar-refractivity contribution in [1.82, 2.24) is 10.1 Å². The van der Waals surface area contributed by atoms with E-state index in [1.54, 1.807) is 24.5 Å². The van der Waals surface area contributed by atoms with Crippen LogP contribution in [0.2, 0.25) is 0 Å². The lowest BCUT2D eigenvalue weighted by Gasteiger charge is -2.05. The summed E-state index contributed by atoms with van der Waals surface area (Å²) in [6.45, 7) is 0. The van der Waals surface area contributed by atoms with Gasteiger partial charge in [0.25, 0.3) is 0 Å². The van der Waals surface area contributed by atoms with Gasteiger partial charge in [-0.25, -0.2) is 4.39 Å². The lowest BCUT2D eigenvalue weighted by molar-refractivity contribution is 0.386. The number of methoxy groups -OCH3 is 1. The zero-order valence-electron chi connectivity index (χ0n) is 11.2. The number of halogens is 1. The highest BCUT2D eigenvalue weighted by atomic mass is 19.1. The van der Waals surface area contributed by atoms with Crippen LogP contribution in [0.4, 0.5) is 10.2 Å². The Morgan fingerprint density at radius 3 is 2.76 bits per heavy atom. The van der Waals surface area contributed by atoms with Crippen molar-refractivity contribution in [2.45, 2.75) is 0 Å².